The highest BCUT2D eigenvalue weighted by atomic mass is 35.5. The molecule has 3 N–H and O–H groups in total. The van der Waals surface area contributed by atoms with E-state index in [-0.39, 0.29) is 10.9 Å². The van der Waals surface area contributed by atoms with Crippen LogP contribution < -0.4 is 15.4 Å². The number of rotatable bonds is 4. The molecule has 1 heterocycles. The number of amides is 1. The van der Waals surface area contributed by atoms with E-state index in [1.807, 2.05) is 25.1 Å². The summed E-state index contributed by atoms with van der Waals surface area (Å²) in [6.07, 6.45) is 0. The fourth-order valence-electron chi connectivity index (χ4n) is 3.09. The summed E-state index contributed by atoms with van der Waals surface area (Å²) in [6.45, 7) is 1.97. The van der Waals surface area contributed by atoms with Crippen molar-refractivity contribution in [3.05, 3.63) is 70.7 Å². The Morgan fingerprint density at radius 2 is 1.97 bits per heavy atom. The van der Waals surface area contributed by atoms with Crippen molar-refractivity contribution in [2.75, 3.05) is 12.4 Å². The van der Waals surface area contributed by atoms with E-state index in [2.05, 4.69) is 15.6 Å². The number of thiocarbonyl (C=S) groups is 1. The number of oxazole rings is 1. The number of hydrogen-bond acceptors (Lipinski definition) is 6. The Labute approximate surface area is 194 Å². The van der Waals surface area contributed by atoms with Crippen LogP contribution in [-0.4, -0.2) is 28.2 Å². The summed E-state index contributed by atoms with van der Waals surface area (Å²) in [6, 6.07) is 15.2. The summed E-state index contributed by atoms with van der Waals surface area (Å²) in [5.74, 6) is 0.291. The molecule has 0 spiro atoms. The van der Waals surface area contributed by atoms with Crippen molar-refractivity contribution in [2.45, 2.75) is 6.92 Å². The van der Waals surface area contributed by atoms with Gasteiger partial charge in [0, 0.05) is 17.3 Å². The van der Waals surface area contributed by atoms with E-state index >= 15 is 0 Å². The Morgan fingerprint density at radius 1 is 1.16 bits per heavy atom. The van der Waals surface area contributed by atoms with Crippen LogP contribution in [0.4, 0.5) is 5.69 Å². The van der Waals surface area contributed by atoms with Gasteiger partial charge in [0.05, 0.1) is 17.7 Å². The lowest BCUT2D eigenvalue weighted by molar-refractivity contribution is 0.0977. The molecule has 0 atom stereocenters. The van der Waals surface area contributed by atoms with Crippen molar-refractivity contribution in [3.63, 3.8) is 0 Å². The molecule has 32 heavy (non-hydrogen) atoms. The normalized spacial score (nSPS) is 10.7. The number of hydrogen-bond donors (Lipinski definition) is 3. The molecule has 0 saturated heterocycles. The smallest absolute Gasteiger partial charge is 0.257 e. The number of fused-ring (bicyclic) bond motifs is 1. The summed E-state index contributed by atoms with van der Waals surface area (Å²) < 4.78 is 10.8. The summed E-state index contributed by atoms with van der Waals surface area (Å²) in [5.41, 5.74) is 3.65. The Hall–Kier alpha value is -3.62. The van der Waals surface area contributed by atoms with Gasteiger partial charge < -0.3 is 19.6 Å². The number of halogens is 1. The van der Waals surface area contributed by atoms with E-state index in [9.17, 15) is 9.90 Å². The van der Waals surface area contributed by atoms with Gasteiger partial charge in [-0.05, 0) is 67.2 Å². The number of anilines is 1. The number of nitrogens with one attached hydrogen (secondary N) is 2. The van der Waals surface area contributed by atoms with Crippen molar-refractivity contribution in [1.29, 1.82) is 0 Å². The highest BCUT2D eigenvalue weighted by molar-refractivity contribution is 7.80. The zero-order valence-corrected chi connectivity index (χ0v) is 18.7. The van der Waals surface area contributed by atoms with Crippen molar-refractivity contribution >= 4 is 51.6 Å². The average molecular weight is 468 g/mol. The van der Waals surface area contributed by atoms with Crippen LogP contribution >= 0.6 is 23.8 Å². The number of nitrogens with zero attached hydrogens (tertiary/aromatic N) is 1. The molecule has 3 aromatic carbocycles. The van der Waals surface area contributed by atoms with Crippen LogP contribution in [0.3, 0.4) is 0 Å². The first-order valence-electron chi connectivity index (χ1n) is 9.50. The number of benzene rings is 3. The molecule has 4 aromatic rings. The molecule has 0 aliphatic carbocycles. The quantitative estimate of drug-likeness (QED) is 0.350. The minimum Gasteiger partial charge on any atom is -0.507 e. The molecular formula is C23H18ClN3O4S. The summed E-state index contributed by atoms with van der Waals surface area (Å²) >= 11 is 11.3. The summed E-state index contributed by atoms with van der Waals surface area (Å²) in [5, 5.41) is 16.3. The second-order valence-corrected chi connectivity index (χ2v) is 7.80. The maximum atomic E-state index is 12.4. The molecule has 0 radical (unpaired) electrons. The number of phenols is 1. The SMILES string of the molecule is COc1ccc(C(=O)NC(=S)Nc2ccc(-c3nc4cc(C)ccc4o3)c(O)c2)cc1Cl. The van der Waals surface area contributed by atoms with Gasteiger partial charge in [-0.2, -0.15) is 0 Å². The summed E-state index contributed by atoms with van der Waals surface area (Å²) in [4.78, 5) is 16.8. The lowest BCUT2D eigenvalue weighted by Crippen LogP contribution is -2.34. The second kappa shape index (κ2) is 8.86. The fourth-order valence-corrected chi connectivity index (χ4v) is 3.56. The minimum absolute atomic E-state index is 0.0469. The predicted octanol–water partition coefficient (Wildman–Crippen LogP) is 5.30. The number of aromatic hydroxyl groups is 1. The number of methoxy groups -OCH3 is 1. The predicted molar refractivity (Wildman–Crippen MR) is 128 cm³/mol. The number of carbonyl (C=O) groups is 1. The number of carbonyl (C=O) groups excluding carboxylic acids is 1. The molecular weight excluding hydrogens is 450 g/mol. The van der Waals surface area contributed by atoms with Gasteiger partial charge in [0.2, 0.25) is 5.89 Å². The van der Waals surface area contributed by atoms with E-state index in [0.29, 0.717) is 44.6 Å². The maximum absolute atomic E-state index is 12.4. The highest BCUT2D eigenvalue weighted by Gasteiger charge is 2.15. The molecule has 0 aliphatic heterocycles. The third kappa shape index (κ3) is 4.51. The first kappa shape index (κ1) is 21.6. The Kier molecular flexibility index (Phi) is 5.98. The second-order valence-electron chi connectivity index (χ2n) is 6.98. The van der Waals surface area contributed by atoms with Crippen LogP contribution in [0.15, 0.2) is 59.0 Å². The van der Waals surface area contributed by atoms with Crippen LogP contribution in [0.5, 0.6) is 11.5 Å². The lowest BCUT2D eigenvalue weighted by Gasteiger charge is -2.11. The zero-order valence-electron chi connectivity index (χ0n) is 17.1. The molecule has 0 fully saturated rings. The molecule has 1 amide bonds. The standard InChI is InChI=1S/C23H18ClN3O4S/c1-12-3-7-20-17(9-12)26-22(31-20)15-6-5-14(11-18(15)28)25-23(32)27-21(29)13-4-8-19(30-2)16(24)10-13/h3-11,28H,1-2H3,(H2,25,27,29,32). The van der Waals surface area contributed by atoms with Gasteiger partial charge in [0.1, 0.15) is 17.0 Å². The minimum atomic E-state index is -0.435. The number of phenolic OH excluding ortho intramolecular Hbond substituents is 1. The van der Waals surface area contributed by atoms with Crippen LogP contribution in [0.2, 0.25) is 5.02 Å². The number of aromatic nitrogens is 1. The number of aryl methyl sites for hydroxylation is 1. The van der Waals surface area contributed by atoms with Crippen molar-refractivity contribution < 1.29 is 19.1 Å². The largest absolute Gasteiger partial charge is 0.507 e. The molecule has 0 saturated carbocycles. The fraction of sp³-hybridized carbons (Fsp3) is 0.0870. The Balaban J connectivity index is 1.46. The van der Waals surface area contributed by atoms with Crippen molar-refractivity contribution in [2.24, 2.45) is 0 Å². The van der Waals surface area contributed by atoms with Gasteiger partial charge in [-0.1, -0.05) is 17.7 Å². The number of ether oxygens (including phenoxy) is 1. The van der Waals surface area contributed by atoms with E-state index in [1.54, 1.807) is 24.3 Å². The van der Waals surface area contributed by atoms with Gasteiger partial charge in [-0.3, -0.25) is 10.1 Å². The van der Waals surface area contributed by atoms with Gasteiger partial charge in [-0.25, -0.2) is 4.98 Å². The molecule has 0 bridgehead atoms. The molecule has 9 heteroatoms. The molecule has 1 aromatic heterocycles. The maximum Gasteiger partial charge on any atom is 0.257 e. The van der Waals surface area contributed by atoms with E-state index < -0.39 is 5.91 Å². The molecule has 0 aliphatic rings. The monoisotopic (exact) mass is 467 g/mol. The van der Waals surface area contributed by atoms with Crippen LogP contribution in [0.25, 0.3) is 22.6 Å². The molecule has 7 nitrogen and oxygen atoms in total. The van der Waals surface area contributed by atoms with Gasteiger partial charge in [0.15, 0.2) is 10.7 Å². The van der Waals surface area contributed by atoms with Gasteiger partial charge >= 0.3 is 0 Å². The summed E-state index contributed by atoms with van der Waals surface area (Å²) in [7, 11) is 1.49. The van der Waals surface area contributed by atoms with E-state index in [0.717, 1.165) is 5.56 Å². The zero-order chi connectivity index (χ0) is 22.8. The van der Waals surface area contributed by atoms with Gasteiger partial charge in [0.25, 0.3) is 5.91 Å². The Bertz CT molecular complexity index is 1350. The third-order valence-electron chi connectivity index (χ3n) is 4.67. The topological polar surface area (TPSA) is 96.6 Å². The van der Waals surface area contributed by atoms with Crippen LogP contribution in [0.1, 0.15) is 15.9 Å². The van der Waals surface area contributed by atoms with Crippen molar-refractivity contribution in [1.82, 2.24) is 10.3 Å². The molecule has 0 unspecified atom stereocenters. The molecule has 162 valence electrons. The van der Waals surface area contributed by atoms with Crippen LogP contribution in [-0.2, 0) is 0 Å². The lowest BCUT2D eigenvalue weighted by atomic mass is 10.2. The van der Waals surface area contributed by atoms with E-state index in [1.165, 1.54) is 19.2 Å². The average Bonchev–Trinajstić information content (AvgIpc) is 3.16. The highest BCUT2D eigenvalue weighted by Crippen LogP contribution is 2.33. The van der Waals surface area contributed by atoms with Crippen molar-refractivity contribution in [3.8, 4) is 23.0 Å². The third-order valence-corrected chi connectivity index (χ3v) is 5.17. The Morgan fingerprint density at radius 3 is 2.69 bits per heavy atom. The first-order chi connectivity index (χ1) is 15.3. The first-order valence-corrected chi connectivity index (χ1v) is 10.3. The van der Waals surface area contributed by atoms with Crippen LogP contribution in [0, 0.1) is 6.92 Å². The van der Waals surface area contributed by atoms with Gasteiger partial charge in [-0.15, -0.1) is 0 Å². The van der Waals surface area contributed by atoms with E-state index in [4.69, 9.17) is 33.0 Å². The molecule has 4 rings (SSSR count).